The van der Waals surface area contributed by atoms with Gasteiger partial charge in [-0.05, 0) is 24.8 Å². The lowest BCUT2D eigenvalue weighted by atomic mass is 10.3. The van der Waals surface area contributed by atoms with Gasteiger partial charge in [0.05, 0.1) is 22.1 Å². The zero-order valence-electron chi connectivity index (χ0n) is 13.0. The predicted molar refractivity (Wildman–Crippen MR) is 92.9 cm³/mol. The Labute approximate surface area is 148 Å². The van der Waals surface area contributed by atoms with Crippen LogP contribution in [0.2, 0.25) is 0 Å². The highest BCUT2D eigenvalue weighted by Crippen LogP contribution is 2.27. The maximum atomic E-state index is 11.9. The molecule has 1 aliphatic heterocycles. The molecule has 0 aromatic carbocycles. The molecule has 130 valence electrons. The van der Waals surface area contributed by atoms with E-state index >= 15 is 0 Å². The highest BCUT2D eigenvalue weighted by atomic mass is 32.2. The Morgan fingerprint density at radius 3 is 2.96 bits per heavy atom. The van der Waals surface area contributed by atoms with E-state index in [0.717, 1.165) is 10.7 Å². The Kier molecular flexibility index (Phi) is 5.26. The molecule has 3 heterocycles. The second kappa shape index (κ2) is 7.24. The SMILES string of the molecule is CCn1c(SCC(=O)O[C@H]2CCS(=O)(=O)C2)nnc1-c1cccs1. The second-order valence-electron chi connectivity index (χ2n) is 5.33. The summed E-state index contributed by atoms with van der Waals surface area (Å²) in [5, 5.41) is 11.0. The first-order chi connectivity index (χ1) is 11.5. The van der Waals surface area contributed by atoms with Gasteiger partial charge >= 0.3 is 5.97 Å². The van der Waals surface area contributed by atoms with Gasteiger partial charge in [0.2, 0.25) is 0 Å². The average Bonchev–Trinajstić information content (AvgIpc) is 3.24. The molecule has 1 aliphatic rings. The minimum Gasteiger partial charge on any atom is -0.461 e. The number of ether oxygens (including phenoxy) is 1. The fourth-order valence-corrected chi connectivity index (χ4v) is 5.56. The molecule has 2 aromatic heterocycles. The van der Waals surface area contributed by atoms with E-state index in [1.807, 2.05) is 29.0 Å². The molecule has 10 heteroatoms. The van der Waals surface area contributed by atoms with E-state index in [1.54, 1.807) is 11.3 Å². The third-order valence-electron chi connectivity index (χ3n) is 3.58. The highest BCUT2D eigenvalue weighted by Gasteiger charge is 2.30. The number of thioether (sulfide) groups is 1. The van der Waals surface area contributed by atoms with Gasteiger partial charge in [-0.2, -0.15) is 0 Å². The van der Waals surface area contributed by atoms with Crippen molar-refractivity contribution in [3.05, 3.63) is 17.5 Å². The average molecular weight is 388 g/mol. The van der Waals surface area contributed by atoms with E-state index in [9.17, 15) is 13.2 Å². The van der Waals surface area contributed by atoms with E-state index in [-0.39, 0.29) is 17.3 Å². The van der Waals surface area contributed by atoms with Crippen LogP contribution in [0.15, 0.2) is 22.7 Å². The van der Waals surface area contributed by atoms with Gasteiger partial charge in [-0.25, -0.2) is 8.42 Å². The third kappa shape index (κ3) is 3.98. The van der Waals surface area contributed by atoms with Gasteiger partial charge in [-0.15, -0.1) is 21.5 Å². The van der Waals surface area contributed by atoms with Gasteiger partial charge in [0.25, 0.3) is 0 Å². The highest BCUT2D eigenvalue weighted by molar-refractivity contribution is 7.99. The van der Waals surface area contributed by atoms with E-state index in [1.165, 1.54) is 11.8 Å². The molecule has 1 fully saturated rings. The van der Waals surface area contributed by atoms with Crippen molar-refractivity contribution in [1.29, 1.82) is 0 Å². The van der Waals surface area contributed by atoms with Crippen molar-refractivity contribution >= 4 is 38.9 Å². The van der Waals surface area contributed by atoms with Crippen LogP contribution in [0, 0.1) is 0 Å². The number of carbonyl (C=O) groups is 1. The number of rotatable bonds is 6. The van der Waals surface area contributed by atoms with Crippen LogP contribution in [0.25, 0.3) is 10.7 Å². The summed E-state index contributed by atoms with van der Waals surface area (Å²) in [6.45, 7) is 2.69. The molecule has 0 aliphatic carbocycles. The number of aromatic nitrogens is 3. The summed E-state index contributed by atoms with van der Waals surface area (Å²) in [7, 11) is -3.05. The Morgan fingerprint density at radius 2 is 2.33 bits per heavy atom. The van der Waals surface area contributed by atoms with Gasteiger partial charge in [0, 0.05) is 6.54 Å². The van der Waals surface area contributed by atoms with Gasteiger partial charge in [0.15, 0.2) is 20.8 Å². The predicted octanol–water partition coefficient (Wildman–Crippen LogP) is 1.85. The molecule has 24 heavy (non-hydrogen) atoms. The minimum atomic E-state index is -3.05. The number of nitrogens with zero attached hydrogens (tertiary/aromatic N) is 3. The van der Waals surface area contributed by atoms with Crippen molar-refractivity contribution in [3.63, 3.8) is 0 Å². The van der Waals surface area contributed by atoms with E-state index < -0.39 is 21.9 Å². The molecule has 0 amide bonds. The molecule has 0 spiro atoms. The van der Waals surface area contributed by atoms with Crippen molar-refractivity contribution in [2.45, 2.75) is 31.1 Å². The third-order valence-corrected chi connectivity index (χ3v) is 7.13. The zero-order chi connectivity index (χ0) is 17.2. The van der Waals surface area contributed by atoms with Crippen molar-refractivity contribution < 1.29 is 17.9 Å². The van der Waals surface area contributed by atoms with Crippen LogP contribution in [0.3, 0.4) is 0 Å². The van der Waals surface area contributed by atoms with Crippen LogP contribution >= 0.6 is 23.1 Å². The lowest BCUT2D eigenvalue weighted by Gasteiger charge is -2.10. The normalized spacial score (nSPS) is 19.5. The summed E-state index contributed by atoms with van der Waals surface area (Å²) in [4.78, 5) is 12.9. The minimum absolute atomic E-state index is 0.0723. The largest absolute Gasteiger partial charge is 0.461 e. The van der Waals surface area contributed by atoms with Crippen LogP contribution < -0.4 is 0 Å². The summed E-state index contributed by atoms with van der Waals surface area (Å²) < 4.78 is 29.9. The summed E-state index contributed by atoms with van der Waals surface area (Å²) in [5.41, 5.74) is 0. The van der Waals surface area contributed by atoms with Crippen LogP contribution in [0.1, 0.15) is 13.3 Å². The van der Waals surface area contributed by atoms with E-state index in [2.05, 4.69) is 10.2 Å². The smallest absolute Gasteiger partial charge is 0.316 e. The first-order valence-electron chi connectivity index (χ1n) is 7.48. The van der Waals surface area contributed by atoms with E-state index in [4.69, 9.17) is 4.74 Å². The van der Waals surface area contributed by atoms with Crippen LogP contribution in [-0.4, -0.2) is 52.5 Å². The molecule has 7 nitrogen and oxygen atoms in total. The molecular formula is C14H17N3O4S3. The Hall–Kier alpha value is -1.39. The number of thiophene rings is 1. The first kappa shape index (κ1) is 17.4. The topological polar surface area (TPSA) is 91.2 Å². The second-order valence-corrected chi connectivity index (χ2v) is 9.45. The fraction of sp³-hybridized carbons (Fsp3) is 0.500. The van der Waals surface area contributed by atoms with Crippen molar-refractivity contribution in [2.75, 3.05) is 17.3 Å². The summed E-state index contributed by atoms with van der Waals surface area (Å²) in [5.74, 6) is 0.457. The molecular weight excluding hydrogens is 370 g/mol. The zero-order valence-corrected chi connectivity index (χ0v) is 15.5. The molecule has 3 rings (SSSR count). The Morgan fingerprint density at radius 1 is 1.50 bits per heavy atom. The number of carbonyl (C=O) groups excluding carboxylic acids is 1. The molecule has 1 saturated heterocycles. The monoisotopic (exact) mass is 387 g/mol. The van der Waals surface area contributed by atoms with Crippen LogP contribution in [0.4, 0.5) is 0 Å². The molecule has 0 saturated carbocycles. The number of hydrogen-bond acceptors (Lipinski definition) is 8. The van der Waals surface area contributed by atoms with E-state index in [0.29, 0.717) is 18.1 Å². The van der Waals surface area contributed by atoms with Crippen molar-refractivity contribution in [3.8, 4) is 10.7 Å². The van der Waals surface area contributed by atoms with Gasteiger partial charge in [0.1, 0.15) is 6.10 Å². The Bertz CT molecular complexity index is 814. The lowest BCUT2D eigenvalue weighted by molar-refractivity contribution is -0.144. The number of esters is 1. The molecule has 0 unspecified atom stereocenters. The maximum Gasteiger partial charge on any atom is 0.316 e. The standard InChI is InChI=1S/C14H17N3O4S3/c1-2-17-13(11-4-3-6-22-11)15-16-14(17)23-8-12(18)21-10-5-7-24(19,20)9-10/h3-4,6,10H,2,5,7-9H2,1H3/t10-/m0/s1. The first-order valence-corrected chi connectivity index (χ1v) is 11.2. The molecule has 0 N–H and O–H groups in total. The molecule has 2 aromatic rings. The number of hydrogen-bond donors (Lipinski definition) is 0. The molecule has 1 atom stereocenters. The van der Waals surface area contributed by atoms with Gasteiger partial charge in [-0.3, -0.25) is 4.79 Å². The summed E-state index contributed by atoms with van der Waals surface area (Å²) in [6.07, 6.45) is -0.138. The fourth-order valence-electron chi connectivity index (χ4n) is 2.47. The number of sulfone groups is 1. The Balaban J connectivity index is 1.60. The van der Waals surface area contributed by atoms with Crippen LogP contribution in [0.5, 0.6) is 0 Å². The molecule has 0 bridgehead atoms. The molecule has 0 radical (unpaired) electrons. The lowest BCUT2D eigenvalue weighted by Crippen LogP contribution is -2.20. The summed E-state index contributed by atoms with van der Waals surface area (Å²) in [6, 6.07) is 3.93. The van der Waals surface area contributed by atoms with Gasteiger partial charge < -0.3 is 9.30 Å². The maximum absolute atomic E-state index is 11.9. The van der Waals surface area contributed by atoms with Crippen LogP contribution in [-0.2, 0) is 25.9 Å². The summed E-state index contributed by atoms with van der Waals surface area (Å²) >= 11 is 2.83. The van der Waals surface area contributed by atoms with Crippen molar-refractivity contribution in [2.24, 2.45) is 0 Å². The quantitative estimate of drug-likeness (QED) is 0.552. The van der Waals surface area contributed by atoms with Gasteiger partial charge in [-0.1, -0.05) is 17.8 Å². The van der Waals surface area contributed by atoms with Crippen molar-refractivity contribution in [1.82, 2.24) is 14.8 Å².